The average molecular weight is 520 g/mol. The van der Waals surface area contributed by atoms with Crippen molar-refractivity contribution >= 4 is 43.1 Å². The first kappa shape index (κ1) is 23.1. The number of rotatable bonds is 2. The van der Waals surface area contributed by atoms with Crippen LogP contribution in [0, 0.1) is 0 Å². The number of para-hydroxylation sites is 4. The molecule has 0 aliphatic rings. The number of nitrogens with zero attached hydrogens (tertiary/aromatic N) is 2. The minimum atomic E-state index is 0. The van der Waals surface area contributed by atoms with Crippen LogP contribution in [0.25, 0.3) is 41.6 Å². The summed E-state index contributed by atoms with van der Waals surface area (Å²) in [6.45, 7) is 0. The molecule has 2 heterocycles. The number of hydrogen-bond donors (Lipinski definition) is 2. The second-order valence-electron chi connectivity index (χ2n) is 7.01. The van der Waals surface area contributed by atoms with Crippen LogP contribution in [-0.4, -0.2) is 20.2 Å². The van der Waals surface area contributed by atoms with Gasteiger partial charge < -0.3 is 10.2 Å². The Hall–Kier alpha value is -3.12. The molecule has 4 aromatic carbocycles. The molecule has 0 radical (unpaired) electrons. The fourth-order valence-corrected chi connectivity index (χ4v) is 5.28. The molecule has 0 amide bonds. The summed E-state index contributed by atoms with van der Waals surface area (Å²) in [6, 6.07) is 30.5. The molecule has 158 valence electrons. The van der Waals surface area contributed by atoms with Gasteiger partial charge in [-0.2, -0.15) is 0 Å². The molecule has 2 aromatic heterocycles. The zero-order valence-electron chi connectivity index (χ0n) is 17.6. The van der Waals surface area contributed by atoms with Crippen molar-refractivity contribution in [2.75, 3.05) is 0 Å². The van der Waals surface area contributed by atoms with Crippen LogP contribution in [-0.2, 0) is 19.5 Å². The molecule has 0 saturated heterocycles. The Morgan fingerprint density at radius 2 is 0.848 bits per heavy atom. The third-order valence-corrected chi connectivity index (χ3v) is 7.00. The zero-order chi connectivity index (χ0) is 21.9. The molecule has 6 aromatic rings. The fraction of sp³-hybridized carbons (Fsp3) is 0. The van der Waals surface area contributed by atoms with Gasteiger partial charge in [-0.3, -0.25) is 0 Å². The van der Waals surface area contributed by atoms with Crippen molar-refractivity contribution < 1.29 is 29.7 Å². The Morgan fingerprint density at radius 3 is 1.24 bits per heavy atom. The average Bonchev–Trinajstić information content (AvgIpc) is 3.44. The Morgan fingerprint density at radius 1 is 0.485 bits per heavy atom. The molecule has 0 bridgehead atoms. The van der Waals surface area contributed by atoms with Gasteiger partial charge in [-0.15, -0.1) is 22.7 Å². The van der Waals surface area contributed by atoms with Crippen LogP contribution in [0.1, 0.15) is 0 Å². The van der Waals surface area contributed by atoms with Gasteiger partial charge in [0.25, 0.3) is 0 Å². The van der Waals surface area contributed by atoms with Crippen molar-refractivity contribution in [1.82, 2.24) is 9.97 Å². The van der Waals surface area contributed by atoms with E-state index in [0.717, 1.165) is 41.6 Å². The Labute approximate surface area is 211 Å². The van der Waals surface area contributed by atoms with Gasteiger partial charge in [0, 0.05) is 19.5 Å². The van der Waals surface area contributed by atoms with Crippen molar-refractivity contribution in [2.24, 2.45) is 0 Å². The first-order chi connectivity index (χ1) is 15.7. The van der Waals surface area contributed by atoms with E-state index in [1.54, 1.807) is 34.8 Å². The number of aromatic nitrogens is 2. The van der Waals surface area contributed by atoms with E-state index in [4.69, 9.17) is 0 Å². The standard InChI is InChI=1S/2C13H9NOS.Zn/c2*15-11-7-3-1-5-9(11)13-14-10-6-2-4-8-12(10)16-13;/h2*1-8,15H;. The SMILES string of the molecule is Oc1ccccc1-c1nc2ccccc2s1.Oc1ccccc1-c1nc2ccccc2s1.[Zn]. The van der Waals surface area contributed by atoms with Gasteiger partial charge in [0.05, 0.1) is 31.6 Å². The topological polar surface area (TPSA) is 66.2 Å². The summed E-state index contributed by atoms with van der Waals surface area (Å²) in [6.07, 6.45) is 0. The summed E-state index contributed by atoms with van der Waals surface area (Å²) in [5.74, 6) is 0.558. The van der Waals surface area contributed by atoms with Gasteiger partial charge in [-0.25, -0.2) is 9.97 Å². The summed E-state index contributed by atoms with van der Waals surface area (Å²) < 4.78 is 2.28. The van der Waals surface area contributed by atoms with E-state index in [9.17, 15) is 10.2 Å². The quantitative estimate of drug-likeness (QED) is 0.235. The maximum atomic E-state index is 9.76. The van der Waals surface area contributed by atoms with Crippen molar-refractivity contribution in [3.63, 3.8) is 0 Å². The van der Waals surface area contributed by atoms with Crippen LogP contribution in [0.4, 0.5) is 0 Å². The molecule has 0 fully saturated rings. The van der Waals surface area contributed by atoms with Crippen molar-refractivity contribution in [1.29, 1.82) is 0 Å². The maximum absolute atomic E-state index is 9.76. The number of benzene rings is 4. The number of hydrogen-bond acceptors (Lipinski definition) is 6. The van der Waals surface area contributed by atoms with E-state index in [1.807, 2.05) is 84.9 Å². The molecule has 0 atom stereocenters. The monoisotopic (exact) mass is 518 g/mol. The van der Waals surface area contributed by atoms with E-state index in [0.29, 0.717) is 0 Å². The third-order valence-electron chi connectivity index (χ3n) is 4.86. The predicted octanol–water partition coefficient (Wildman–Crippen LogP) is 7.34. The number of phenols is 2. The van der Waals surface area contributed by atoms with Crippen molar-refractivity contribution in [3.05, 3.63) is 97.1 Å². The van der Waals surface area contributed by atoms with Crippen molar-refractivity contribution in [3.8, 4) is 32.6 Å². The smallest absolute Gasteiger partial charge is 0.128 e. The molecular weight excluding hydrogens is 502 g/mol. The van der Waals surface area contributed by atoms with E-state index >= 15 is 0 Å². The maximum Gasteiger partial charge on any atom is 0.128 e. The first-order valence-electron chi connectivity index (χ1n) is 9.97. The van der Waals surface area contributed by atoms with Gasteiger partial charge >= 0.3 is 0 Å². The molecular formula is C26H18N2O2S2Zn. The fourth-order valence-electron chi connectivity index (χ4n) is 3.28. The molecule has 4 nitrogen and oxygen atoms in total. The molecule has 7 heteroatoms. The number of fused-ring (bicyclic) bond motifs is 2. The normalized spacial score (nSPS) is 10.4. The molecule has 0 unspecified atom stereocenters. The summed E-state index contributed by atoms with van der Waals surface area (Å²) >= 11 is 3.19. The van der Waals surface area contributed by atoms with E-state index in [2.05, 4.69) is 9.97 Å². The van der Waals surface area contributed by atoms with Gasteiger partial charge in [0.1, 0.15) is 21.5 Å². The number of aromatic hydroxyl groups is 2. The van der Waals surface area contributed by atoms with Gasteiger partial charge in [-0.1, -0.05) is 48.5 Å². The minimum Gasteiger partial charge on any atom is -0.507 e. The molecule has 0 aliphatic carbocycles. The molecule has 33 heavy (non-hydrogen) atoms. The van der Waals surface area contributed by atoms with E-state index < -0.39 is 0 Å². The largest absolute Gasteiger partial charge is 0.507 e. The summed E-state index contributed by atoms with van der Waals surface area (Å²) in [5, 5.41) is 21.2. The molecule has 2 N–H and O–H groups in total. The van der Waals surface area contributed by atoms with Gasteiger partial charge in [-0.05, 0) is 48.5 Å². The minimum absolute atomic E-state index is 0. The van der Waals surface area contributed by atoms with Crippen LogP contribution in [0.3, 0.4) is 0 Å². The third kappa shape index (κ3) is 4.96. The second kappa shape index (κ2) is 10.2. The van der Waals surface area contributed by atoms with Crippen LogP contribution in [0.15, 0.2) is 97.1 Å². The van der Waals surface area contributed by atoms with Crippen molar-refractivity contribution in [2.45, 2.75) is 0 Å². The number of thiazole rings is 2. The van der Waals surface area contributed by atoms with Crippen LogP contribution in [0.2, 0.25) is 0 Å². The Kier molecular flexibility index (Phi) is 7.14. The van der Waals surface area contributed by atoms with Crippen LogP contribution < -0.4 is 0 Å². The predicted molar refractivity (Wildman–Crippen MR) is 133 cm³/mol. The summed E-state index contributed by atoms with van der Waals surface area (Å²) in [7, 11) is 0. The van der Waals surface area contributed by atoms with Gasteiger partial charge in [0.2, 0.25) is 0 Å². The Balaban J connectivity index is 0.000000152. The molecule has 6 rings (SSSR count). The molecule has 0 saturated carbocycles. The Bertz CT molecular complexity index is 1350. The zero-order valence-corrected chi connectivity index (χ0v) is 22.2. The summed E-state index contributed by atoms with van der Waals surface area (Å²) in [4.78, 5) is 9.00. The summed E-state index contributed by atoms with van der Waals surface area (Å²) in [5.41, 5.74) is 3.55. The van der Waals surface area contributed by atoms with E-state index in [-0.39, 0.29) is 31.0 Å². The van der Waals surface area contributed by atoms with Crippen LogP contribution in [0.5, 0.6) is 11.5 Å². The number of phenolic OH excluding ortho intramolecular Hbond substituents is 2. The molecule has 0 spiro atoms. The second-order valence-corrected chi connectivity index (χ2v) is 9.07. The van der Waals surface area contributed by atoms with E-state index in [1.165, 1.54) is 0 Å². The van der Waals surface area contributed by atoms with Crippen LogP contribution >= 0.6 is 22.7 Å². The van der Waals surface area contributed by atoms with Gasteiger partial charge in [0.15, 0.2) is 0 Å². The first-order valence-corrected chi connectivity index (χ1v) is 11.6. The molecule has 0 aliphatic heterocycles.